The number of hydrogen-bond acceptors (Lipinski definition) is 2. The normalized spacial score (nSPS) is 12.1. The highest BCUT2D eigenvalue weighted by molar-refractivity contribution is 7.85. The molecule has 0 bridgehead atoms. The first-order valence-electron chi connectivity index (χ1n) is 10.3. The molecule has 3 rings (SSSR count). The molecule has 0 saturated heterocycles. The molecule has 1 amide bonds. The van der Waals surface area contributed by atoms with E-state index in [9.17, 15) is 9.36 Å². The van der Waals surface area contributed by atoms with Crippen molar-refractivity contribution in [1.82, 2.24) is 5.32 Å². The van der Waals surface area contributed by atoms with Gasteiger partial charge in [0.25, 0.3) is 5.91 Å². The van der Waals surface area contributed by atoms with E-state index in [-0.39, 0.29) is 11.8 Å². The van der Waals surface area contributed by atoms with Crippen LogP contribution in [0.15, 0.2) is 78.9 Å². The number of amides is 1. The summed E-state index contributed by atoms with van der Waals surface area (Å²) in [6, 6.07) is 24.7. The van der Waals surface area contributed by atoms with Crippen molar-refractivity contribution in [3.8, 4) is 0 Å². The van der Waals surface area contributed by atoms with Gasteiger partial charge in [-0.05, 0) is 44.4 Å². The minimum absolute atomic E-state index is 0.208. The molecule has 0 atom stereocenters. The maximum absolute atomic E-state index is 14.9. The second kappa shape index (κ2) is 8.62. The number of nitrogens with one attached hydrogen (secondary N) is 1. The molecule has 30 heavy (non-hydrogen) atoms. The molecule has 3 nitrogen and oxygen atoms in total. The second-order valence-corrected chi connectivity index (χ2v) is 11.6. The summed E-state index contributed by atoms with van der Waals surface area (Å²) in [6.45, 7) is 10.0. The Kier molecular flexibility index (Phi) is 6.33. The zero-order chi connectivity index (χ0) is 21.9. The molecular weight excluding hydrogens is 389 g/mol. The van der Waals surface area contributed by atoms with Crippen molar-refractivity contribution in [2.24, 2.45) is 0 Å². The SMILES string of the molecule is CC(C)c1ccc(C(=O)NC(C)(C)C)c(P(=O)(c2ccccc2)c2ccccc2)c1. The Morgan fingerprint density at radius 1 is 0.833 bits per heavy atom. The lowest BCUT2D eigenvalue weighted by Crippen LogP contribution is -2.43. The Morgan fingerprint density at radius 2 is 1.33 bits per heavy atom. The van der Waals surface area contributed by atoms with E-state index in [4.69, 9.17) is 0 Å². The highest BCUT2D eigenvalue weighted by atomic mass is 31.2. The van der Waals surface area contributed by atoms with Crippen LogP contribution >= 0.6 is 7.14 Å². The Balaban J connectivity index is 2.33. The quantitative estimate of drug-likeness (QED) is 0.593. The molecule has 4 heteroatoms. The van der Waals surface area contributed by atoms with Crippen molar-refractivity contribution >= 4 is 29.0 Å². The first-order valence-corrected chi connectivity index (χ1v) is 12.0. The fraction of sp³-hybridized carbons (Fsp3) is 0.269. The molecule has 0 fully saturated rings. The van der Waals surface area contributed by atoms with Crippen LogP contribution in [-0.4, -0.2) is 11.4 Å². The van der Waals surface area contributed by atoms with Crippen LogP contribution < -0.4 is 21.2 Å². The molecule has 1 N–H and O–H groups in total. The predicted molar refractivity (Wildman–Crippen MR) is 127 cm³/mol. The Bertz CT molecular complexity index is 1020. The van der Waals surface area contributed by atoms with Gasteiger partial charge in [-0.15, -0.1) is 0 Å². The molecule has 0 spiro atoms. The van der Waals surface area contributed by atoms with Gasteiger partial charge in [0, 0.05) is 21.5 Å². The predicted octanol–water partition coefficient (Wildman–Crippen LogP) is 4.98. The lowest BCUT2D eigenvalue weighted by atomic mass is 10.0. The van der Waals surface area contributed by atoms with Gasteiger partial charge in [-0.1, -0.05) is 80.6 Å². The number of benzene rings is 3. The third-order valence-electron chi connectivity index (χ3n) is 5.00. The van der Waals surface area contributed by atoms with Crippen LogP contribution in [0.25, 0.3) is 0 Å². The van der Waals surface area contributed by atoms with Crippen LogP contribution in [0.1, 0.15) is 56.5 Å². The first kappa shape index (κ1) is 22.1. The van der Waals surface area contributed by atoms with Crippen molar-refractivity contribution in [3.05, 3.63) is 90.0 Å². The third kappa shape index (κ3) is 4.57. The first-order chi connectivity index (χ1) is 14.1. The fourth-order valence-corrected chi connectivity index (χ4v) is 6.36. The molecule has 0 aliphatic rings. The number of rotatable bonds is 5. The molecule has 156 valence electrons. The Hall–Kier alpha value is -2.64. The van der Waals surface area contributed by atoms with Crippen LogP contribution in [0.5, 0.6) is 0 Å². The molecule has 0 unspecified atom stereocenters. The lowest BCUT2D eigenvalue weighted by Gasteiger charge is -2.26. The molecule has 0 saturated carbocycles. The van der Waals surface area contributed by atoms with Crippen LogP contribution in [0.4, 0.5) is 0 Å². The summed E-state index contributed by atoms with van der Waals surface area (Å²) in [7, 11) is -3.26. The molecule has 3 aromatic carbocycles. The minimum atomic E-state index is -3.26. The smallest absolute Gasteiger partial charge is 0.252 e. The summed E-state index contributed by atoms with van der Waals surface area (Å²) < 4.78 is 14.9. The molecule has 3 aromatic rings. The topological polar surface area (TPSA) is 46.2 Å². The van der Waals surface area contributed by atoms with E-state index in [0.717, 1.165) is 16.2 Å². The molecule has 0 aliphatic carbocycles. The summed E-state index contributed by atoms with van der Waals surface area (Å²) in [6.07, 6.45) is 0. The van der Waals surface area contributed by atoms with Gasteiger partial charge in [0.05, 0.1) is 5.56 Å². The van der Waals surface area contributed by atoms with Crippen molar-refractivity contribution in [2.45, 2.75) is 46.1 Å². The summed E-state index contributed by atoms with van der Waals surface area (Å²) in [5.41, 5.74) is 1.13. The van der Waals surface area contributed by atoms with E-state index in [2.05, 4.69) is 19.2 Å². The van der Waals surface area contributed by atoms with Crippen molar-refractivity contribution in [1.29, 1.82) is 0 Å². The average molecular weight is 420 g/mol. The van der Waals surface area contributed by atoms with E-state index in [1.54, 1.807) is 0 Å². The molecule has 0 heterocycles. The van der Waals surface area contributed by atoms with Gasteiger partial charge in [0.2, 0.25) is 0 Å². The van der Waals surface area contributed by atoms with E-state index >= 15 is 0 Å². The van der Waals surface area contributed by atoms with Crippen molar-refractivity contribution in [3.63, 3.8) is 0 Å². The van der Waals surface area contributed by atoms with Crippen LogP contribution in [0.2, 0.25) is 0 Å². The summed E-state index contributed by atoms with van der Waals surface area (Å²) in [5.74, 6) is 0.0448. The Labute approximate surface area is 179 Å². The zero-order valence-electron chi connectivity index (χ0n) is 18.3. The van der Waals surface area contributed by atoms with Gasteiger partial charge in [-0.2, -0.15) is 0 Å². The summed E-state index contributed by atoms with van der Waals surface area (Å²) in [5, 5.41) is 5.08. The van der Waals surface area contributed by atoms with Crippen LogP contribution in [0, 0.1) is 0 Å². The molecule has 0 aliphatic heterocycles. The lowest BCUT2D eigenvalue weighted by molar-refractivity contribution is 0.0920. The Morgan fingerprint density at radius 3 is 1.77 bits per heavy atom. The zero-order valence-corrected chi connectivity index (χ0v) is 19.2. The number of carbonyl (C=O) groups is 1. The maximum atomic E-state index is 14.9. The van der Waals surface area contributed by atoms with Gasteiger partial charge in [-0.25, -0.2) is 0 Å². The van der Waals surface area contributed by atoms with Crippen LogP contribution in [-0.2, 0) is 4.57 Å². The largest absolute Gasteiger partial charge is 0.347 e. The molecule has 0 radical (unpaired) electrons. The summed E-state index contributed by atoms with van der Waals surface area (Å²) in [4.78, 5) is 13.2. The fourth-order valence-electron chi connectivity index (χ4n) is 3.47. The average Bonchev–Trinajstić information content (AvgIpc) is 2.72. The summed E-state index contributed by atoms with van der Waals surface area (Å²) >= 11 is 0. The number of carbonyl (C=O) groups excluding carboxylic acids is 1. The van der Waals surface area contributed by atoms with Crippen molar-refractivity contribution in [2.75, 3.05) is 0 Å². The van der Waals surface area contributed by atoms with Gasteiger partial charge in [0.1, 0.15) is 0 Å². The second-order valence-electron chi connectivity index (χ2n) is 8.92. The molecular formula is C26H30NO2P. The van der Waals surface area contributed by atoms with Crippen LogP contribution in [0.3, 0.4) is 0 Å². The minimum Gasteiger partial charge on any atom is -0.347 e. The van der Waals surface area contributed by atoms with E-state index < -0.39 is 12.7 Å². The standard InChI is InChI=1S/C26H30NO2P/c1-19(2)20-16-17-23(25(28)27-26(3,4)5)24(18-20)30(29,21-12-8-6-9-13-21)22-14-10-7-11-15-22/h6-19H,1-5H3,(H,27,28). The highest BCUT2D eigenvalue weighted by Gasteiger charge is 2.34. The molecule has 0 aromatic heterocycles. The number of hydrogen-bond donors (Lipinski definition) is 1. The van der Waals surface area contributed by atoms with E-state index in [1.165, 1.54) is 0 Å². The monoisotopic (exact) mass is 419 g/mol. The van der Waals surface area contributed by atoms with Gasteiger partial charge >= 0.3 is 0 Å². The third-order valence-corrected chi connectivity index (χ3v) is 8.10. The van der Waals surface area contributed by atoms with E-state index in [0.29, 0.717) is 10.9 Å². The van der Waals surface area contributed by atoms with E-state index in [1.807, 2.05) is 99.6 Å². The van der Waals surface area contributed by atoms with Gasteiger partial charge in [0.15, 0.2) is 7.14 Å². The van der Waals surface area contributed by atoms with Gasteiger partial charge in [-0.3, -0.25) is 4.79 Å². The van der Waals surface area contributed by atoms with Crippen molar-refractivity contribution < 1.29 is 9.36 Å². The van der Waals surface area contributed by atoms with Gasteiger partial charge < -0.3 is 9.88 Å². The maximum Gasteiger partial charge on any atom is 0.252 e. The highest BCUT2D eigenvalue weighted by Crippen LogP contribution is 2.44.